The van der Waals surface area contributed by atoms with E-state index in [9.17, 15) is 9.59 Å². The van der Waals surface area contributed by atoms with Crippen LogP contribution in [-0.4, -0.2) is 55.3 Å². The average Bonchev–Trinajstić information content (AvgIpc) is 2.66. The van der Waals surface area contributed by atoms with Gasteiger partial charge in [-0.1, -0.05) is 48.5 Å². The van der Waals surface area contributed by atoms with Gasteiger partial charge in [0.05, 0.1) is 0 Å². The topological polar surface area (TPSA) is 52.6 Å². The van der Waals surface area contributed by atoms with Gasteiger partial charge in [-0.25, -0.2) is 0 Å². The first-order valence-corrected chi connectivity index (χ1v) is 8.86. The van der Waals surface area contributed by atoms with E-state index in [1.807, 2.05) is 67.5 Å². The summed E-state index contributed by atoms with van der Waals surface area (Å²) in [6.07, 6.45) is 0.291. The number of carbonyl (C=O) groups is 2. The number of benzene rings is 2. The number of hydrogen-bond donors (Lipinski definition) is 1. The predicted octanol–water partition coefficient (Wildman–Crippen LogP) is 2.40. The molecule has 0 unspecified atom stereocenters. The van der Waals surface area contributed by atoms with Crippen molar-refractivity contribution in [2.24, 2.45) is 0 Å². The molecule has 0 aliphatic carbocycles. The third-order valence-electron chi connectivity index (χ3n) is 4.05. The van der Waals surface area contributed by atoms with Gasteiger partial charge >= 0.3 is 0 Å². The van der Waals surface area contributed by atoms with E-state index in [1.54, 1.807) is 12.1 Å². The highest BCUT2D eigenvalue weighted by atomic mass is 16.2. The molecule has 0 fully saturated rings. The van der Waals surface area contributed by atoms with Crippen LogP contribution >= 0.6 is 0 Å². The smallest absolute Gasteiger partial charge is 0.251 e. The van der Waals surface area contributed by atoms with Crippen molar-refractivity contribution in [3.8, 4) is 0 Å². The monoisotopic (exact) mass is 353 g/mol. The van der Waals surface area contributed by atoms with Gasteiger partial charge < -0.3 is 15.1 Å². The number of likely N-dealkylation sites (N-methyl/N-ethyl adjacent to an activating group) is 1. The maximum atomic E-state index is 12.6. The van der Waals surface area contributed by atoms with E-state index in [2.05, 4.69) is 10.2 Å². The molecule has 5 heteroatoms. The fourth-order valence-electron chi connectivity index (χ4n) is 2.55. The molecule has 0 heterocycles. The van der Waals surface area contributed by atoms with Crippen LogP contribution in [-0.2, 0) is 11.3 Å². The second kappa shape index (κ2) is 10.4. The first kappa shape index (κ1) is 19.7. The standard InChI is InChI=1S/C21H27N3O2/c1-23(2)15-16-24(17-18-9-5-3-6-10-18)20(25)13-14-22-21(26)19-11-7-4-8-12-19/h3-12H,13-17H2,1-2H3,(H,22,26). The third-order valence-corrected chi connectivity index (χ3v) is 4.05. The van der Waals surface area contributed by atoms with Gasteiger partial charge in [0.15, 0.2) is 0 Å². The summed E-state index contributed by atoms with van der Waals surface area (Å²) < 4.78 is 0. The summed E-state index contributed by atoms with van der Waals surface area (Å²) in [6, 6.07) is 19.0. The quantitative estimate of drug-likeness (QED) is 0.753. The lowest BCUT2D eigenvalue weighted by atomic mass is 10.2. The minimum Gasteiger partial charge on any atom is -0.352 e. The highest BCUT2D eigenvalue weighted by Gasteiger charge is 2.14. The minimum absolute atomic E-state index is 0.0454. The molecule has 26 heavy (non-hydrogen) atoms. The van der Waals surface area contributed by atoms with Crippen LogP contribution in [0.3, 0.4) is 0 Å². The van der Waals surface area contributed by atoms with E-state index in [0.717, 1.165) is 12.1 Å². The van der Waals surface area contributed by atoms with E-state index in [4.69, 9.17) is 0 Å². The summed E-state index contributed by atoms with van der Waals surface area (Å²) in [5.41, 5.74) is 1.71. The summed E-state index contributed by atoms with van der Waals surface area (Å²) in [7, 11) is 3.98. The molecule has 0 atom stereocenters. The van der Waals surface area contributed by atoms with Crippen molar-refractivity contribution in [3.05, 3.63) is 71.8 Å². The number of nitrogens with one attached hydrogen (secondary N) is 1. The van der Waals surface area contributed by atoms with E-state index < -0.39 is 0 Å². The SMILES string of the molecule is CN(C)CCN(Cc1ccccc1)C(=O)CCNC(=O)c1ccccc1. The van der Waals surface area contributed by atoms with Crippen LogP contribution in [0.1, 0.15) is 22.3 Å². The molecule has 0 saturated carbocycles. The second-order valence-electron chi connectivity index (χ2n) is 6.48. The molecular weight excluding hydrogens is 326 g/mol. The number of rotatable bonds is 9. The van der Waals surface area contributed by atoms with E-state index in [0.29, 0.717) is 31.6 Å². The molecule has 5 nitrogen and oxygen atoms in total. The Balaban J connectivity index is 1.87. The van der Waals surface area contributed by atoms with Crippen molar-refractivity contribution in [1.82, 2.24) is 15.1 Å². The van der Waals surface area contributed by atoms with Crippen molar-refractivity contribution in [2.75, 3.05) is 33.7 Å². The van der Waals surface area contributed by atoms with Crippen molar-refractivity contribution in [3.63, 3.8) is 0 Å². The van der Waals surface area contributed by atoms with Crippen LogP contribution in [0.2, 0.25) is 0 Å². The highest BCUT2D eigenvalue weighted by molar-refractivity contribution is 5.94. The number of nitrogens with zero attached hydrogens (tertiary/aromatic N) is 2. The molecular formula is C21H27N3O2. The van der Waals surface area contributed by atoms with Gasteiger partial charge in [-0.05, 0) is 31.8 Å². The molecule has 0 aromatic heterocycles. The molecule has 0 saturated heterocycles. The Morgan fingerprint density at radius 3 is 2.12 bits per heavy atom. The Hall–Kier alpha value is -2.66. The fourth-order valence-corrected chi connectivity index (χ4v) is 2.55. The molecule has 0 spiro atoms. The summed E-state index contributed by atoms with van der Waals surface area (Å²) in [4.78, 5) is 28.6. The zero-order valence-corrected chi connectivity index (χ0v) is 15.5. The van der Waals surface area contributed by atoms with Crippen molar-refractivity contribution >= 4 is 11.8 Å². The molecule has 0 aliphatic heterocycles. The molecule has 2 rings (SSSR count). The molecule has 1 N–H and O–H groups in total. The zero-order chi connectivity index (χ0) is 18.8. The zero-order valence-electron chi connectivity index (χ0n) is 15.5. The average molecular weight is 353 g/mol. The lowest BCUT2D eigenvalue weighted by molar-refractivity contribution is -0.131. The van der Waals surface area contributed by atoms with Gasteiger partial charge in [-0.15, -0.1) is 0 Å². The van der Waals surface area contributed by atoms with Gasteiger partial charge in [0.2, 0.25) is 5.91 Å². The van der Waals surface area contributed by atoms with E-state index in [1.165, 1.54) is 0 Å². The third kappa shape index (κ3) is 6.69. The summed E-state index contributed by atoms with van der Waals surface area (Å²) in [5.74, 6) is -0.106. The Kier molecular flexibility index (Phi) is 7.83. The molecule has 0 aliphatic rings. The maximum absolute atomic E-state index is 12.6. The van der Waals surface area contributed by atoms with E-state index >= 15 is 0 Å². The summed E-state index contributed by atoms with van der Waals surface area (Å²) in [6.45, 7) is 2.38. The maximum Gasteiger partial charge on any atom is 0.251 e. The normalized spacial score (nSPS) is 10.6. The van der Waals surface area contributed by atoms with Crippen LogP contribution in [0, 0.1) is 0 Å². The minimum atomic E-state index is -0.152. The lowest BCUT2D eigenvalue weighted by Gasteiger charge is -2.24. The van der Waals surface area contributed by atoms with Crippen molar-refractivity contribution in [2.45, 2.75) is 13.0 Å². The van der Waals surface area contributed by atoms with Gasteiger partial charge in [0.1, 0.15) is 0 Å². The van der Waals surface area contributed by atoms with Gasteiger partial charge in [-0.2, -0.15) is 0 Å². The van der Waals surface area contributed by atoms with Crippen LogP contribution < -0.4 is 5.32 Å². The van der Waals surface area contributed by atoms with Crippen molar-refractivity contribution < 1.29 is 9.59 Å². The molecule has 0 bridgehead atoms. The van der Waals surface area contributed by atoms with Crippen molar-refractivity contribution in [1.29, 1.82) is 0 Å². The number of hydrogen-bond acceptors (Lipinski definition) is 3. The summed E-state index contributed by atoms with van der Waals surface area (Å²) >= 11 is 0. The Labute approximate surface area is 155 Å². The van der Waals surface area contributed by atoms with Gasteiger partial charge in [0.25, 0.3) is 5.91 Å². The molecule has 2 aromatic carbocycles. The second-order valence-corrected chi connectivity index (χ2v) is 6.48. The first-order chi connectivity index (χ1) is 12.6. The molecule has 2 amide bonds. The van der Waals surface area contributed by atoms with Crippen LogP contribution in [0.4, 0.5) is 0 Å². The largest absolute Gasteiger partial charge is 0.352 e. The molecule has 138 valence electrons. The van der Waals surface area contributed by atoms with Gasteiger partial charge in [0, 0.05) is 38.2 Å². The number of amides is 2. The number of carbonyl (C=O) groups excluding carboxylic acids is 2. The van der Waals surface area contributed by atoms with Crippen LogP contribution in [0.15, 0.2) is 60.7 Å². The predicted molar refractivity (Wildman–Crippen MR) is 104 cm³/mol. The van der Waals surface area contributed by atoms with Crippen LogP contribution in [0.5, 0.6) is 0 Å². The van der Waals surface area contributed by atoms with Crippen LogP contribution in [0.25, 0.3) is 0 Å². The lowest BCUT2D eigenvalue weighted by Crippen LogP contribution is -2.38. The van der Waals surface area contributed by atoms with Gasteiger partial charge in [-0.3, -0.25) is 9.59 Å². The Morgan fingerprint density at radius 1 is 0.885 bits per heavy atom. The Morgan fingerprint density at radius 2 is 1.50 bits per heavy atom. The fraction of sp³-hybridized carbons (Fsp3) is 0.333. The highest BCUT2D eigenvalue weighted by Crippen LogP contribution is 2.06. The first-order valence-electron chi connectivity index (χ1n) is 8.86. The molecule has 2 aromatic rings. The Bertz CT molecular complexity index is 687. The molecule has 0 radical (unpaired) electrons. The van der Waals surface area contributed by atoms with E-state index in [-0.39, 0.29) is 11.8 Å². The summed E-state index contributed by atoms with van der Waals surface area (Å²) in [5, 5.41) is 2.82.